The van der Waals surface area contributed by atoms with Gasteiger partial charge in [-0.2, -0.15) is 0 Å². The van der Waals surface area contributed by atoms with Crippen LogP contribution in [-0.4, -0.2) is 26.2 Å². The Hall–Kier alpha value is -1.96. The molecule has 6 nitrogen and oxygen atoms in total. The zero-order chi connectivity index (χ0) is 20.2. The number of hydrogen-bond donors (Lipinski definition) is 2. The predicted molar refractivity (Wildman–Crippen MR) is 109 cm³/mol. The normalized spacial score (nSPS) is 12.3. The van der Waals surface area contributed by atoms with E-state index in [1.807, 2.05) is 0 Å². The van der Waals surface area contributed by atoms with E-state index in [9.17, 15) is 13.2 Å². The first kappa shape index (κ1) is 21.3. The number of hydrogen-bond acceptors (Lipinski definition) is 4. The van der Waals surface area contributed by atoms with Crippen LogP contribution in [0.4, 0.5) is 11.4 Å². The van der Waals surface area contributed by atoms with Crippen molar-refractivity contribution in [3.63, 3.8) is 0 Å². The van der Waals surface area contributed by atoms with E-state index in [4.69, 9.17) is 27.9 Å². The van der Waals surface area contributed by atoms with Gasteiger partial charge in [0.2, 0.25) is 10.0 Å². The number of rotatable bonds is 7. The highest BCUT2D eigenvalue weighted by Crippen LogP contribution is 2.28. The number of ether oxygens (including phenoxy) is 1. The molecule has 0 aliphatic carbocycles. The average molecular weight is 431 g/mol. The second-order valence-corrected chi connectivity index (χ2v) is 8.71. The zero-order valence-electron chi connectivity index (χ0n) is 15.0. The first-order chi connectivity index (χ1) is 12.6. The third kappa shape index (κ3) is 6.02. The van der Waals surface area contributed by atoms with E-state index in [-0.39, 0.29) is 11.7 Å². The number of nitrogens with one attached hydrogen (secondary N) is 2. The van der Waals surface area contributed by atoms with Gasteiger partial charge in [-0.1, -0.05) is 23.2 Å². The summed E-state index contributed by atoms with van der Waals surface area (Å²) in [4.78, 5) is 12.3. The fourth-order valence-corrected chi connectivity index (χ4v) is 3.32. The Bertz CT molecular complexity index is 948. The van der Waals surface area contributed by atoms with Gasteiger partial charge in [0.15, 0.2) is 6.10 Å². The second-order valence-electron chi connectivity index (χ2n) is 5.86. The minimum Gasteiger partial charge on any atom is -0.479 e. The molecule has 2 aromatic rings. The molecule has 2 N–H and O–H groups in total. The van der Waals surface area contributed by atoms with Gasteiger partial charge < -0.3 is 10.1 Å². The Morgan fingerprint density at radius 1 is 1.19 bits per heavy atom. The van der Waals surface area contributed by atoms with Crippen LogP contribution in [-0.2, 0) is 14.8 Å². The van der Waals surface area contributed by atoms with Crippen LogP contribution in [0.15, 0.2) is 36.4 Å². The van der Waals surface area contributed by atoms with Gasteiger partial charge >= 0.3 is 0 Å². The number of benzene rings is 2. The van der Waals surface area contributed by atoms with Crippen LogP contribution in [0.3, 0.4) is 0 Å². The molecule has 0 radical (unpaired) electrons. The lowest BCUT2D eigenvalue weighted by atomic mass is 10.2. The fourth-order valence-electron chi connectivity index (χ4n) is 2.15. The predicted octanol–water partition coefficient (Wildman–Crippen LogP) is 4.47. The van der Waals surface area contributed by atoms with Crippen LogP contribution in [0, 0.1) is 6.92 Å². The van der Waals surface area contributed by atoms with Crippen LogP contribution >= 0.6 is 23.2 Å². The van der Waals surface area contributed by atoms with Crippen molar-refractivity contribution < 1.29 is 17.9 Å². The maximum Gasteiger partial charge on any atom is 0.265 e. The van der Waals surface area contributed by atoms with E-state index in [1.54, 1.807) is 51.1 Å². The van der Waals surface area contributed by atoms with Crippen molar-refractivity contribution >= 4 is 50.5 Å². The number of halogens is 2. The minimum atomic E-state index is -3.37. The van der Waals surface area contributed by atoms with E-state index >= 15 is 0 Å². The standard InChI is InChI=1S/C18H20Cl2N2O4S/c1-4-27(24,25)22-16-7-6-14(9-11(16)2)21-18(23)12(3)26-17-8-5-13(19)10-15(17)20/h5-10,12,22H,4H2,1-3H3,(H,21,23). The molecule has 0 spiro atoms. The summed E-state index contributed by atoms with van der Waals surface area (Å²) >= 11 is 11.9. The van der Waals surface area contributed by atoms with Crippen molar-refractivity contribution in [1.82, 2.24) is 0 Å². The first-order valence-electron chi connectivity index (χ1n) is 8.15. The summed E-state index contributed by atoms with van der Waals surface area (Å²) in [5.74, 6) is -0.0425. The lowest BCUT2D eigenvalue weighted by molar-refractivity contribution is -0.122. The minimum absolute atomic E-state index is 0.0208. The molecule has 0 aromatic heterocycles. The number of carbonyl (C=O) groups excluding carboxylic acids is 1. The van der Waals surface area contributed by atoms with Gasteiger partial charge in [0.05, 0.1) is 16.5 Å². The molecule has 0 bridgehead atoms. The summed E-state index contributed by atoms with van der Waals surface area (Å²) in [6.07, 6.45) is -0.803. The quantitative estimate of drug-likeness (QED) is 0.678. The molecule has 0 heterocycles. The van der Waals surface area contributed by atoms with Gasteiger partial charge in [-0.15, -0.1) is 0 Å². The molecule has 0 aliphatic rings. The van der Waals surface area contributed by atoms with E-state index in [2.05, 4.69) is 10.0 Å². The van der Waals surface area contributed by atoms with Gasteiger partial charge in [-0.05, 0) is 62.7 Å². The Balaban J connectivity index is 2.05. The first-order valence-corrected chi connectivity index (χ1v) is 10.6. The van der Waals surface area contributed by atoms with Crippen LogP contribution in [0.2, 0.25) is 10.0 Å². The third-order valence-electron chi connectivity index (χ3n) is 3.71. The highest BCUT2D eigenvalue weighted by atomic mass is 35.5. The van der Waals surface area contributed by atoms with Crippen LogP contribution < -0.4 is 14.8 Å². The smallest absolute Gasteiger partial charge is 0.265 e. The topological polar surface area (TPSA) is 84.5 Å². The molecule has 1 unspecified atom stereocenters. The van der Waals surface area contributed by atoms with Gasteiger partial charge in [0, 0.05) is 10.7 Å². The van der Waals surface area contributed by atoms with Gasteiger partial charge in [-0.25, -0.2) is 8.42 Å². The summed E-state index contributed by atoms with van der Waals surface area (Å²) in [7, 11) is -3.37. The molecule has 27 heavy (non-hydrogen) atoms. The summed E-state index contributed by atoms with van der Waals surface area (Å²) in [6, 6.07) is 9.62. The molecule has 0 aliphatic heterocycles. The summed E-state index contributed by atoms with van der Waals surface area (Å²) in [5, 5.41) is 3.51. The van der Waals surface area contributed by atoms with Crippen molar-refractivity contribution in [2.24, 2.45) is 0 Å². The second kappa shape index (κ2) is 8.82. The summed E-state index contributed by atoms with van der Waals surface area (Å²) < 4.78 is 31.4. The van der Waals surface area contributed by atoms with Gasteiger partial charge in [0.25, 0.3) is 5.91 Å². The van der Waals surface area contributed by atoms with Crippen molar-refractivity contribution in [2.75, 3.05) is 15.8 Å². The summed E-state index contributed by atoms with van der Waals surface area (Å²) in [6.45, 7) is 4.90. The van der Waals surface area contributed by atoms with Crippen molar-refractivity contribution in [1.29, 1.82) is 0 Å². The molecule has 0 fully saturated rings. The maximum absolute atomic E-state index is 12.3. The van der Waals surface area contributed by atoms with Crippen LogP contribution in [0.25, 0.3) is 0 Å². The molecule has 146 valence electrons. The largest absolute Gasteiger partial charge is 0.479 e. The Morgan fingerprint density at radius 3 is 2.48 bits per heavy atom. The number of aryl methyl sites for hydroxylation is 1. The lowest BCUT2D eigenvalue weighted by Gasteiger charge is -2.16. The van der Waals surface area contributed by atoms with Gasteiger partial charge in [0.1, 0.15) is 5.75 Å². The molecule has 1 atom stereocenters. The third-order valence-corrected chi connectivity index (χ3v) is 5.53. The van der Waals surface area contributed by atoms with E-state index < -0.39 is 16.1 Å². The highest BCUT2D eigenvalue weighted by Gasteiger charge is 2.17. The SMILES string of the molecule is CCS(=O)(=O)Nc1ccc(NC(=O)C(C)Oc2ccc(Cl)cc2Cl)cc1C. The van der Waals surface area contributed by atoms with Gasteiger partial charge in [-0.3, -0.25) is 9.52 Å². The van der Waals surface area contributed by atoms with Crippen LogP contribution in [0.1, 0.15) is 19.4 Å². The zero-order valence-corrected chi connectivity index (χ0v) is 17.4. The number of carbonyl (C=O) groups is 1. The lowest BCUT2D eigenvalue weighted by Crippen LogP contribution is -2.30. The molecule has 0 saturated heterocycles. The highest BCUT2D eigenvalue weighted by molar-refractivity contribution is 7.92. The van der Waals surface area contributed by atoms with Crippen molar-refractivity contribution in [2.45, 2.75) is 26.9 Å². The van der Waals surface area contributed by atoms with E-state index in [1.165, 1.54) is 6.07 Å². The van der Waals surface area contributed by atoms with Crippen LogP contribution in [0.5, 0.6) is 5.75 Å². The summed E-state index contributed by atoms with van der Waals surface area (Å²) in [5.41, 5.74) is 1.67. The van der Waals surface area contributed by atoms with E-state index in [0.29, 0.717) is 32.7 Å². The molecule has 9 heteroatoms. The Morgan fingerprint density at radius 2 is 1.89 bits per heavy atom. The molecule has 2 rings (SSSR count). The van der Waals surface area contributed by atoms with Crippen molar-refractivity contribution in [3.8, 4) is 5.75 Å². The maximum atomic E-state index is 12.3. The van der Waals surface area contributed by atoms with Crippen molar-refractivity contribution in [3.05, 3.63) is 52.0 Å². The number of amides is 1. The molecule has 2 aromatic carbocycles. The molecule has 1 amide bonds. The average Bonchev–Trinajstić information content (AvgIpc) is 2.59. The number of sulfonamides is 1. The fraction of sp³-hybridized carbons (Fsp3) is 0.278. The Labute approximate surface area is 168 Å². The van der Waals surface area contributed by atoms with E-state index in [0.717, 1.165) is 0 Å². The molecular formula is C18H20Cl2N2O4S. The molecule has 0 saturated carbocycles. The Kier molecular flexibility index (Phi) is 6.97. The monoisotopic (exact) mass is 430 g/mol. The molecular weight excluding hydrogens is 411 g/mol. The number of anilines is 2.